The molecule has 0 fully saturated rings. The largest absolute Gasteiger partial charge is 0.377 e. The Balaban J connectivity index is 2.00. The molecule has 0 saturated heterocycles. The van der Waals surface area contributed by atoms with Gasteiger partial charge in [-0.05, 0) is 29.0 Å². The maximum Gasteiger partial charge on any atom is 0.269 e. The number of anilines is 1. The first-order chi connectivity index (χ1) is 11.1. The Bertz CT molecular complexity index is 855. The van der Waals surface area contributed by atoms with Crippen LogP contribution in [0.5, 0.6) is 0 Å². The average Bonchev–Trinajstić information content (AvgIpc) is 2.55. The first-order valence-corrected chi connectivity index (χ1v) is 7.47. The fourth-order valence-electron chi connectivity index (χ4n) is 2.86. The molecule has 0 N–H and O–H groups in total. The second kappa shape index (κ2) is 6.08. The van der Waals surface area contributed by atoms with Gasteiger partial charge in [-0.1, -0.05) is 42.5 Å². The number of hydrogen-bond acceptors (Lipinski definition) is 3. The van der Waals surface area contributed by atoms with Crippen molar-refractivity contribution in [3.8, 4) is 0 Å². The van der Waals surface area contributed by atoms with Gasteiger partial charge in [0.05, 0.1) is 4.92 Å². The van der Waals surface area contributed by atoms with Crippen LogP contribution in [0.3, 0.4) is 0 Å². The first-order valence-electron chi connectivity index (χ1n) is 7.47. The van der Waals surface area contributed by atoms with Crippen molar-refractivity contribution in [1.29, 1.82) is 0 Å². The molecule has 3 aromatic rings. The van der Waals surface area contributed by atoms with Crippen molar-refractivity contribution in [2.45, 2.75) is 6.42 Å². The molecule has 0 spiro atoms. The van der Waals surface area contributed by atoms with Gasteiger partial charge in [0.1, 0.15) is 0 Å². The number of fused-ring (bicyclic) bond motifs is 1. The Labute approximate surface area is 135 Å². The molecule has 0 heterocycles. The van der Waals surface area contributed by atoms with E-state index in [1.54, 1.807) is 12.1 Å². The fourth-order valence-corrected chi connectivity index (χ4v) is 2.86. The lowest BCUT2D eigenvalue weighted by molar-refractivity contribution is -0.384. The van der Waals surface area contributed by atoms with Gasteiger partial charge in [-0.2, -0.15) is 0 Å². The first kappa shape index (κ1) is 15.0. The van der Waals surface area contributed by atoms with Crippen LogP contribution in [0.1, 0.15) is 11.1 Å². The third-order valence-electron chi connectivity index (χ3n) is 4.01. The van der Waals surface area contributed by atoms with Gasteiger partial charge < -0.3 is 4.90 Å². The highest BCUT2D eigenvalue weighted by Crippen LogP contribution is 2.29. The SMILES string of the molecule is CN(C)c1cccc2c(Cc3ccc([N+](=O)[O-])cc3)cccc12. The number of non-ortho nitro benzene ring substituents is 1. The average molecular weight is 306 g/mol. The number of benzene rings is 3. The number of nitro groups is 1. The zero-order valence-corrected chi connectivity index (χ0v) is 13.2. The van der Waals surface area contributed by atoms with Crippen LogP contribution in [0.15, 0.2) is 60.7 Å². The summed E-state index contributed by atoms with van der Waals surface area (Å²) in [6, 6.07) is 19.4. The van der Waals surface area contributed by atoms with E-state index in [0.29, 0.717) is 0 Å². The Morgan fingerprint density at radius 1 is 0.913 bits per heavy atom. The van der Waals surface area contributed by atoms with E-state index < -0.39 is 0 Å². The normalized spacial score (nSPS) is 10.7. The summed E-state index contributed by atoms with van der Waals surface area (Å²) < 4.78 is 0. The van der Waals surface area contributed by atoms with Gasteiger partial charge >= 0.3 is 0 Å². The van der Waals surface area contributed by atoms with Gasteiger partial charge in [0, 0.05) is 37.3 Å². The highest BCUT2D eigenvalue weighted by molar-refractivity contribution is 5.96. The molecule has 116 valence electrons. The zero-order valence-electron chi connectivity index (χ0n) is 13.2. The molecule has 0 aliphatic heterocycles. The van der Waals surface area contributed by atoms with E-state index in [1.165, 1.54) is 22.0 Å². The molecule has 0 saturated carbocycles. The van der Waals surface area contributed by atoms with Crippen LogP contribution < -0.4 is 4.90 Å². The van der Waals surface area contributed by atoms with Crippen LogP contribution in [-0.2, 0) is 6.42 Å². The molecule has 4 nitrogen and oxygen atoms in total. The van der Waals surface area contributed by atoms with E-state index in [0.717, 1.165) is 12.0 Å². The van der Waals surface area contributed by atoms with Crippen LogP contribution in [-0.4, -0.2) is 19.0 Å². The molecule has 23 heavy (non-hydrogen) atoms. The molecule has 0 atom stereocenters. The highest BCUT2D eigenvalue weighted by atomic mass is 16.6. The maximum atomic E-state index is 10.7. The molecule has 0 amide bonds. The van der Waals surface area contributed by atoms with Crippen molar-refractivity contribution in [1.82, 2.24) is 0 Å². The minimum absolute atomic E-state index is 0.126. The molecule has 0 radical (unpaired) electrons. The fraction of sp³-hybridized carbons (Fsp3) is 0.158. The van der Waals surface area contributed by atoms with Crippen LogP contribution in [0, 0.1) is 10.1 Å². The second-order valence-corrected chi connectivity index (χ2v) is 5.78. The number of rotatable bonds is 4. The summed E-state index contributed by atoms with van der Waals surface area (Å²) in [5.74, 6) is 0. The van der Waals surface area contributed by atoms with E-state index in [1.807, 2.05) is 26.2 Å². The third-order valence-corrected chi connectivity index (χ3v) is 4.01. The molecule has 0 aliphatic carbocycles. The molecule has 0 unspecified atom stereocenters. The summed E-state index contributed by atoms with van der Waals surface area (Å²) >= 11 is 0. The van der Waals surface area contributed by atoms with Gasteiger partial charge in [0.15, 0.2) is 0 Å². The van der Waals surface area contributed by atoms with Crippen LogP contribution in [0.25, 0.3) is 10.8 Å². The number of hydrogen-bond donors (Lipinski definition) is 0. The zero-order chi connectivity index (χ0) is 16.4. The van der Waals surface area contributed by atoms with Crippen LogP contribution >= 0.6 is 0 Å². The van der Waals surface area contributed by atoms with Crippen molar-refractivity contribution in [2.75, 3.05) is 19.0 Å². The monoisotopic (exact) mass is 306 g/mol. The van der Waals surface area contributed by atoms with Crippen molar-refractivity contribution >= 4 is 22.1 Å². The second-order valence-electron chi connectivity index (χ2n) is 5.78. The summed E-state index contributed by atoms with van der Waals surface area (Å²) in [6.07, 6.45) is 0.756. The lowest BCUT2D eigenvalue weighted by Crippen LogP contribution is -2.09. The quantitative estimate of drug-likeness (QED) is 0.530. The summed E-state index contributed by atoms with van der Waals surface area (Å²) in [5, 5.41) is 13.2. The number of nitro benzene ring substituents is 1. The van der Waals surface area contributed by atoms with Gasteiger partial charge in [-0.25, -0.2) is 0 Å². The van der Waals surface area contributed by atoms with Gasteiger partial charge in [0.2, 0.25) is 0 Å². The van der Waals surface area contributed by atoms with Crippen LogP contribution in [0.2, 0.25) is 0 Å². The van der Waals surface area contributed by atoms with E-state index in [4.69, 9.17) is 0 Å². The minimum Gasteiger partial charge on any atom is -0.377 e. The summed E-state index contributed by atoms with van der Waals surface area (Å²) in [4.78, 5) is 12.5. The van der Waals surface area contributed by atoms with Crippen molar-refractivity contribution in [3.05, 3.63) is 81.9 Å². The summed E-state index contributed by atoms with van der Waals surface area (Å²) in [7, 11) is 4.08. The van der Waals surface area contributed by atoms with E-state index in [-0.39, 0.29) is 10.6 Å². The van der Waals surface area contributed by atoms with Crippen molar-refractivity contribution < 1.29 is 4.92 Å². The topological polar surface area (TPSA) is 46.4 Å². The molecular weight excluding hydrogens is 288 g/mol. The smallest absolute Gasteiger partial charge is 0.269 e. The molecule has 4 heteroatoms. The third kappa shape index (κ3) is 3.01. The Kier molecular flexibility index (Phi) is 3.98. The maximum absolute atomic E-state index is 10.7. The lowest BCUT2D eigenvalue weighted by Gasteiger charge is -2.17. The summed E-state index contributed by atoms with van der Waals surface area (Å²) in [6.45, 7) is 0. The Morgan fingerprint density at radius 2 is 1.57 bits per heavy atom. The predicted octanol–water partition coefficient (Wildman–Crippen LogP) is 4.40. The molecule has 0 aliphatic rings. The molecule has 3 rings (SSSR count). The predicted molar refractivity (Wildman–Crippen MR) is 94.2 cm³/mol. The highest BCUT2D eigenvalue weighted by Gasteiger charge is 2.08. The Morgan fingerprint density at radius 3 is 2.22 bits per heavy atom. The van der Waals surface area contributed by atoms with Crippen LogP contribution in [0.4, 0.5) is 11.4 Å². The standard InChI is InChI=1S/C19H18N2O2/c1-20(2)19-8-4-6-17-15(5-3-7-18(17)19)13-14-9-11-16(12-10-14)21(22)23/h3-12H,13H2,1-2H3. The summed E-state index contributed by atoms with van der Waals surface area (Å²) in [5.41, 5.74) is 3.60. The number of nitrogens with zero attached hydrogens (tertiary/aromatic N) is 2. The molecular formula is C19H18N2O2. The van der Waals surface area contributed by atoms with Crippen molar-refractivity contribution in [3.63, 3.8) is 0 Å². The van der Waals surface area contributed by atoms with Gasteiger partial charge in [0.25, 0.3) is 5.69 Å². The van der Waals surface area contributed by atoms with E-state index in [2.05, 4.69) is 41.3 Å². The lowest BCUT2D eigenvalue weighted by atomic mass is 9.97. The molecule has 3 aromatic carbocycles. The van der Waals surface area contributed by atoms with E-state index >= 15 is 0 Å². The molecule has 0 bridgehead atoms. The van der Waals surface area contributed by atoms with Gasteiger partial charge in [-0.15, -0.1) is 0 Å². The van der Waals surface area contributed by atoms with Gasteiger partial charge in [-0.3, -0.25) is 10.1 Å². The molecule has 0 aromatic heterocycles. The van der Waals surface area contributed by atoms with Crippen molar-refractivity contribution in [2.24, 2.45) is 0 Å². The van der Waals surface area contributed by atoms with E-state index in [9.17, 15) is 10.1 Å². The Hall–Kier alpha value is -2.88. The minimum atomic E-state index is -0.370.